The molecule has 1 aliphatic heterocycles. The van der Waals surface area contributed by atoms with Crippen molar-refractivity contribution in [3.05, 3.63) is 57.6 Å². The fraction of sp³-hybridized carbons (Fsp3) is 0.409. The summed E-state index contributed by atoms with van der Waals surface area (Å²) < 4.78 is 5.19. The predicted octanol–water partition coefficient (Wildman–Crippen LogP) is 3.37. The van der Waals surface area contributed by atoms with E-state index < -0.39 is 4.92 Å². The summed E-state index contributed by atoms with van der Waals surface area (Å²) in [6.45, 7) is 8.55. The molecule has 1 N–H and O–H groups in total. The third kappa shape index (κ3) is 5.07. The summed E-state index contributed by atoms with van der Waals surface area (Å²) >= 11 is 0. The van der Waals surface area contributed by atoms with Crippen molar-refractivity contribution < 1.29 is 14.5 Å². The van der Waals surface area contributed by atoms with Crippen LogP contribution < -0.4 is 15.0 Å². The number of non-ortho nitro benzene ring substituents is 1. The number of nitrogens with one attached hydrogen (secondary N) is 1. The second kappa shape index (κ2) is 9.58. The van der Waals surface area contributed by atoms with Crippen molar-refractivity contribution in [2.45, 2.75) is 20.3 Å². The molecular formula is C22H28N4O4. The topological polar surface area (TPSA) is 87.9 Å². The molecule has 2 aromatic carbocycles. The van der Waals surface area contributed by atoms with E-state index in [-0.39, 0.29) is 11.6 Å². The Labute approximate surface area is 176 Å². The maximum Gasteiger partial charge on any atom is 0.271 e. The van der Waals surface area contributed by atoms with Gasteiger partial charge in [-0.1, -0.05) is 12.1 Å². The predicted molar refractivity (Wildman–Crippen MR) is 117 cm³/mol. The molecule has 2 aromatic rings. The minimum absolute atomic E-state index is 0.0892. The van der Waals surface area contributed by atoms with Gasteiger partial charge in [0.15, 0.2) is 0 Å². The molecule has 0 unspecified atom stereocenters. The van der Waals surface area contributed by atoms with Gasteiger partial charge in [-0.05, 0) is 37.1 Å². The van der Waals surface area contributed by atoms with Gasteiger partial charge in [-0.15, -0.1) is 0 Å². The fourth-order valence-corrected chi connectivity index (χ4v) is 3.67. The summed E-state index contributed by atoms with van der Waals surface area (Å²) in [7, 11) is 1.46. The minimum Gasteiger partial charge on any atom is -0.495 e. The molecule has 1 heterocycles. The maximum absolute atomic E-state index is 12.4. The van der Waals surface area contributed by atoms with E-state index in [0.29, 0.717) is 24.4 Å². The highest BCUT2D eigenvalue weighted by Gasteiger charge is 2.20. The lowest BCUT2D eigenvalue weighted by Crippen LogP contribution is -2.47. The number of aryl methyl sites for hydroxylation is 1. The SMILES string of the molecule is COc1ccc([N+](=O)[O-])cc1NC(=O)CCN1CCN(c2cccc(C)c2C)CC1. The fourth-order valence-electron chi connectivity index (χ4n) is 3.67. The first kappa shape index (κ1) is 21.6. The minimum atomic E-state index is -0.496. The number of nitrogens with zero attached hydrogens (tertiary/aromatic N) is 3. The Kier molecular flexibility index (Phi) is 6.89. The van der Waals surface area contributed by atoms with Gasteiger partial charge in [-0.25, -0.2) is 0 Å². The number of nitro groups is 1. The zero-order valence-electron chi connectivity index (χ0n) is 17.7. The smallest absolute Gasteiger partial charge is 0.271 e. The molecule has 0 atom stereocenters. The van der Waals surface area contributed by atoms with Crippen LogP contribution in [0.2, 0.25) is 0 Å². The second-order valence-electron chi connectivity index (χ2n) is 7.49. The zero-order chi connectivity index (χ0) is 21.7. The molecule has 0 aromatic heterocycles. The second-order valence-corrected chi connectivity index (χ2v) is 7.49. The molecule has 0 radical (unpaired) electrons. The summed E-state index contributed by atoms with van der Waals surface area (Å²) in [6.07, 6.45) is 0.315. The zero-order valence-corrected chi connectivity index (χ0v) is 17.7. The third-order valence-corrected chi connectivity index (χ3v) is 5.61. The molecule has 8 nitrogen and oxygen atoms in total. The number of hydrogen-bond acceptors (Lipinski definition) is 6. The maximum atomic E-state index is 12.4. The number of nitro benzene ring substituents is 1. The van der Waals surface area contributed by atoms with Crippen molar-refractivity contribution in [2.75, 3.05) is 50.1 Å². The number of hydrogen-bond donors (Lipinski definition) is 1. The van der Waals surface area contributed by atoms with Gasteiger partial charge in [0.05, 0.1) is 17.7 Å². The first-order valence-electron chi connectivity index (χ1n) is 10.0. The van der Waals surface area contributed by atoms with Crippen LogP contribution in [0.1, 0.15) is 17.5 Å². The van der Waals surface area contributed by atoms with Gasteiger partial charge in [-0.3, -0.25) is 19.8 Å². The summed E-state index contributed by atoms with van der Waals surface area (Å²) in [6, 6.07) is 10.5. The number of anilines is 2. The number of ether oxygens (including phenoxy) is 1. The van der Waals surface area contributed by atoms with E-state index in [4.69, 9.17) is 4.74 Å². The van der Waals surface area contributed by atoms with E-state index in [1.807, 2.05) is 0 Å². The molecule has 1 amide bonds. The van der Waals surface area contributed by atoms with Crippen LogP contribution in [-0.2, 0) is 4.79 Å². The average molecular weight is 412 g/mol. The number of benzene rings is 2. The van der Waals surface area contributed by atoms with Gasteiger partial charge < -0.3 is 15.0 Å². The standard InChI is InChI=1S/C22H28N4O4/c1-16-5-4-6-20(17(16)2)25-13-11-24(12-14-25)10-9-22(27)23-19-15-18(26(28)29)7-8-21(19)30-3/h4-8,15H,9-14H2,1-3H3,(H,23,27). The summed E-state index contributed by atoms with van der Waals surface area (Å²) in [4.78, 5) is 27.5. The molecule has 1 fully saturated rings. The molecule has 0 aliphatic carbocycles. The molecule has 0 spiro atoms. The van der Waals surface area contributed by atoms with Gasteiger partial charge in [0, 0.05) is 57.0 Å². The van der Waals surface area contributed by atoms with E-state index >= 15 is 0 Å². The Morgan fingerprint density at radius 2 is 1.90 bits per heavy atom. The van der Waals surface area contributed by atoms with E-state index in [0.717, 1.165) is 26.2 Å². The summed E-state index contributed by atoms with van der Waals surface area (Å²) in [5.74, 6) is 0.210. The number of piperazine rings is 1. The van der Waals surface area contributed by atoms with Gasteiger partial charge >= 0.3 is 0 Å². The van der Waals surface area contributed by atoms with Crippen molar-refractivity contribution in [2.24, 2.45) is 0 Å². The highest BCUT2D eigenvalue weighted by molar-refractivity contribution is 5.92. The van der Waals surface area contributed by atoms with Gasteiger partial charge in [0.1, 0.15) is 5.75 Å². The molecule has 3 rings (SSSR count). The molecule has 1 saturated heterocycles. The van der Waals surface area contributed by atoms with Crippen molar-refractivity contribution in [3.8, 4) is 5.75 Å². The molecule has 160 valence electrons. The number of carbonyl (C=O) groups is 1. The highest BCUT2D eigenvalue weighted by Crippen LogP contribution is 2.29. The quantitative estimate of drug-likeness (QED) is 0.554. The van der Waals surface area contributed by atoms with Crippen molar-refractivity contribution in [3.63, 3.8) is 0 Å². The lowest BCUT2D eigenvalue weighted by molar-refractivity contribution is -0.384. The van der Waals surface area contributed by atoms with Crippen molar-refractivity contribution in [1.82, 2.24) is 4.90 Å². The van der Waals surface area contributed by atoms with Crippen molar-refractivity contribution >= 4 is 23.0 Å². The highest BCUT2D eigenvalue weighted by atomic mass is 16.6. The van der Waals surface area contributed by atoms with Crippen LogP contribution in [-0.4, -0.2) is 55.6 Å². The number of methoxy groups -OCH3 is 1. The molecule has 0 saturated carbocycles. The van der Waals surface area contributed by atoms with Crippen LogP contribution in [0.15, 0.2) is 36.4 Å². The Bertz CT molecular complexity index is 923. The first-order chi connectivity index (χ1) is 14.4. The lowest BCUT2D eigenvalue weighted by Gasteiger charge is -2.37. The Balaban J connectivity index is 1.51. The van der Waals surface area contributed by atoms with E-state index in [9.17, 15) is 14.9 Å². The molecule has 8 heteroatoms. The lowest BCUT2D eigenvalue weighted by atomic mass is 10.1. The largest absolute Gasteiger partial charge is 0.495 e. The monoisotopic (exact) mass is 412 g/mol. The Hall–Kier alpha value is -3.13. The third-order valence-electron chi connectivity index (χ3n) is 5.61. The molecule has 0 bridgehead atoms. The summed E-state index contributed by atoms with van der Waals surface area (Å²) in [5.41, 5.74) is 4.12. The van der Waals surface area contributed by atoms with Crippen LogP contribution in [0, 0.1) is 24.0 Å². The molecule has 30 heavy (non-hydrogen) atoms. The van der Waals surface area contributed by atoms with E-state index in [2.05, 4.69) is 47.2 Å². The Morgan fingerprint density at radius 1 is 1.17 bits per heavy atom. The van der Waals surface area contributed by atoms with Crippen LogP contribution in [0.4, 0.5) is 17.1 Å². The van der Waals surface area contributed by atoms with Crippen LogP contribution in [0.3, 0.4) is 0 Å². The normalized spacial score (nSPS) is 14.4. The van der Waals surface area contributed by atoms with Gasteiger partial charge in [-0.2, -0.15) is 0 Å². The van der Waals surface area contributed by atoms with Crippen LogP contribution in [0.25, 0.3) is 0 Å². The van der Waals surface area contributed by atoms with Gasteiger partial charge in [0.25, 0.3) is 5.69 Å². The average Bonchev–Trinajstić information content (AvgIpc) is 2.74. The summed E-state index contributed by atoms with van der Waals surface area (Å²) in [5, 5.41) is 13.7. The van der Waals surface area contributed by atoms with Crippen LogP contribution in [0.5, 0.6) is 5.75 Å². The number of amides is 1. The first-order valence-corrected chi connectivity index (χ1v) is 10.0. The van der Waals surface area contributed by atoms with Crippen LogP contribution >= 0.6 is 0 Å². The number of rotatable bonds is 7. The number of carbonyl (C=O) groups excluding carboxylic acids is 1. The molecule has 1 aliphatic rings. The van der Waals surface area contributed by atoms with E-state index in [1.54, 1.807) is 0 Å². The van der Waals surface area contributed by atoms with E-state index in [1.165, 1.54) is 42.1 Å². The van der Waals surface area contributed by atoms with Crippen molar-refractivity contribution in [1.29, 1.82) is 0 Å². The molecular weight excluding hydrogens is 384 g/mol. The Morgan fingerprint density at radius 3 is 2.57 bits per heavy atom. The van der Waals surface area contributed by atoms with Gasteiger partial charge in [0.2, 0.25) is 5.91 Å².